The Morgan fingerprint density at radius 2 is 1.80 bits per heavy atom. The average molecular weight is 401 g/mol. The lowest BCUT2D eigenvalue weighted by Crippen LogP contribution is -2.38. The SMILES string of the molecule is O=C(c1ccc2ccccc2c1)N1CCCC[C@H]1c1nc(-c2ccc(F)cc2)no1. The first kappa shape index (κ1) is 18.5. The van der Waals surface area contributed by atoms with E-state index in [9.17, 15) is 9.18 Å². The molecular formula is C24H20FN3O2. The highest BCUT2D eigenvalue weighted by molar-refractivity contribution is 5.98. The van der Waals surface area contributed by atoms with E-state index in [2.05, 4.69) is 10.1 Å². The van der Waals surface area contributed by atoms with Gasteiger partial charge in [0.1, 0.15) is 11.9 Å². The van der Waals surface area contributed by atoms with Gasteiger partial charge in [-0.25, -0.2) is 4.39 Å². The minimum absolute atomic E-state index is 0.0352. The Bertz CT molecular complexity index is 1200. The Hall–Kier alpha value is -3.54. The van der Waals surface area contributed by atoms with Gasteiger partial charge in [-0.1, -0.05) is 35.5 Å². The lowest BCUT2D eigenvalue weighted by atomic mass is 9.99. The van der Waals surface area contributed by atoms with Crippen LogP contribution in [0.15, 0.2) is 71.3 Å². The minimum atomic E-state index is -0.318. The van der Waals surface area contributed by atoms with Crippen molar-refractivity contribution in [2.45, 2.75) is 25.3 Å². The summed E-state index contributed by atoms with van der Waals surface area (Å²) in [6, 6.07) is 19.5. The molecule has 30 heavy (non-hydrogen) atoms. The second-order valence-electron chi connectivity index (χ2n) is 7.54. The fourth-order valence-corrected chi connectivity index (χ4v) is 4.01. The third-order valence-electron chi connectivity index (χ3n) is 5.59. The number of aromatic nitrogens is 2. The third kappa shape index (κ3) is 3.45. The highest BCUT2D eigenvalue weighted by atomic mass is 19.1. The molecule has 1 amide bonds. The van der Waals surface area contributed by atoms with E-state index in [0.717, 1.165) is 30.0 Å². The van der Waals surface area contributed by atoms with Gasteiger partial charge in [0.25, 0.3) is 5.91 Å². The highest BCUT2D eigenvalue weighted by Crippen LogP contribution is 2.32. The summed E-state index contributed by atoms with van der Waals surface area (Å²) in [5.41, 5.74) is 1.33. The molecule has 0 N–H and O–H groups in total. The number of hydrogen-bond acceptors (Lipinski definition) is 4. The molecular weight excluding hydrogens is 381 g/mol. The van der Waals surface area contributed by atoms with Crippen LogP contribution in [-0.2, 0) is 0 Å². The molecule has 150 valence electrons. The van der Waals surface area contributed by atoms with E-state index in [4.69, 9.17) is 4.52 Å². The van der Waals surface area contributed by atoms with Gasteiger partial charge in [-0.15, -0.1) is 0 Å². The van der Waals surface area contributed by atoms with Crippen molar-refractivity contribution in [1.29, 1.82) is 0 Å². The minimum Gasteiger partial charge on any atom is -0.337 e. The van der Waals surface area contributed by atoms with Gasteiger partial charge in [-0.2, -0.15) is 4.98 Å². The number of rotatable bonds is 3. The molecule has 1 saturated heterocycles. The van der Waals surface area contributed by atoms with Gasteiger partial charge in [0.05, 0.1) is 0 Å². The van der Waals surface area contributed by atoms with E-state index in [0.29, 0.717) is 29.4 Å². The number of nitrogens with zero attached hydrogens (tertiary/aromatic N) is 3. The molecule has 5 rings (SSSR count). The quantitative estimate of drug-likeness (QED) is 0.461. The third-order valence-corrected chi connectivity index (χ3v) is 5.59. The van der Waals surface area contributed by atoms with Gasteiger partial charge in [0.2, 0.25) is 11.7 Å². The van der Waals surface area contributed by atoms with E-state index < -0.39 is 0 Å². The number of carbonyl (C=O) groups excluding carboxylic acids is 1. The molecule has 1 fully saturated rings. The molecule has 5 nitrogen and oxygen atoms in total. The van der Waals surface area contributed by atoms with E-state index in [-0.39, 0.29) is 17.8 Å². The molecule has 6 heteroatoms. The predicted octanol–water partition coefficient (Wildman–Crippen LogP) is 5.40. The number of benzene rings is 3. The Balaban J connectivity index is 1.44. The van der Waals surface area contributed by atoms with Gasteiger partial charge in [-0.3, -0.25) is 4.79 Å². The molecule has 1 aromatic heterocycles. The first-order valence-corrected chi connectivity index (χ1v) is 10.1. The topological polar surface area (TPSA) is 59.2 Å². The van der Waals surface area contributed by atoms with Crippen LogP contribution in [0.4, 0.5) is 4.39 Å². The Labute approximate surface area is 173 Å². The van der Waals surface area contributed by atoms with E-state index in [1.54, 1.807) is 12.1 Å². The van der Waals surface area contributed by atoms with Gasteiger partial charge in [0.15, 0.2) is 0 Å². The molecule has 0 unspecified atom stereocenters. The molecule has 1 aliphatic heterocycles. The maximum Gasteiger partial charge on any atom is 0.254 e. The zero-order chi connectivity index (χ0) is 20.5. The van der Waals surface area contributed by atoms with Crippen molar-refractivity contribution in [2.24, 2.45) is 0 Å². The van der Waals surface area contributed by atoms with Crippen LogP contribution in [0.1, 0.15) is 41.6 Å². The molecule has 0 saturated carbocycles. The summed E-state index contributed by atoms with van der Waals surface area (Å²) in [4.78, 5) is 19.7. The fraction of sp³-hybridized carbons (Fsp3) is 0.208. The van der Waals surface area contributed by atoms with E-state index in [1.165, 1.54) is 12.1 Å². The normalized spacial score (nSPS) is 16.7. The number of hydrogen-bond donors (Lipinski definition) is 0. The average Bonchev–Trinajstić information content (AvgIpc) is 3.29. The highest BCUT2D eigenvalue weighted by Gasteiger charge is 2.32. The van der Waals surface area contributed by atoms with Crippen molar-refractivity contribution in [1.82, 2.24) is 15.0 Å². The van der Waals surface area contributed by atoms with Crippen molar-refractivity contribution in [3.63, 3.8) is 0 Å². The second kappa shape index (κ2) is 7.71. The van der Waals surface area contributed by atoms with Crippen LogP contribution in [0, 0.1) is 5.82 Å². The fourth-order valence-electron chi connectivity index (χ4n) is 4.01. The Morgan fingerprint density at radius 1 is 1.00 bits per heavy atom. The van der Waals surface area contributed by atoms with Gasteiger partial charge in [-0.05, 0) is 66.4 Å². The standard InChI is InChI=1S/C24H20FN3O2/c25-20-12-10-17(11-13-20)22-26-23(30-27-22)21-7-3-4-14-28(21)24(29)19-9-8-16-5-1-2-6-18(16)15-19/h1-2,5-6,8-13,15,21H,3-4,7,14H2/t21-/m0/s1. The summed E-state index contributed by atoms with van der Waals surface area (Å²) >= 11 is 0. The molecule has 0 spiro atoms. The predicted molar refractivity (Wildman–Crippen MR) is 111 cm³/mol. The van der Waals surface area contributed by atoms with Crippen molar-refractivity contribution in [3.8, 4) is 11.4 Å². The molecule has 1 atom stereocenters. The largest absolute Gasteiger partial charge is 0.337 e. The van der Waals surface area contributed by atoms with Crippen LogP contribution in [-0.4, -0.2) is 27.5 Å². The maximum absolute atomic E-state index is 13.3. The van der Waals surface area contributed by atoms with Gasteiger partial charge < -0.3 is 9.42 Å². The summed E-state index contributed by atoms with van der Waals surface area (Å²) in [6.45, 7) is 0.643. The number of piperidine rings is 1. The summed E-state index contributed by atoms with van der Waals surface area (Å²) in [6.07, 6.45) is 2.69. The lowest BCUT2D eigenvalue weighted by molar-refractivity contribution is 0.0561. The monoisotopic (exact) mass is 401 g/mol. The number of amides is 1. The van der Waals surface area contributed by atoms with Crippen LogP contribution in [0.2, 0.25) is 0 Å². The van der Waals surface area contributed by atoms with Crippen LogP contribution >= 0.6 is 0 Å². The molecule has 2 heterocycles. The molecule has 0 radical (unpaired) electrons. The number of fused-ring (bicyclic) bond motifs is 1. The summed E-state index contributed by atoms with van der Waals surface area (Å²) < 4.78 is 18.7. The zero-order valence-electron chi connectivity index (χ0n) is 16.3. The first-order chi connectivity index (χ1) is 14.7. The number of carbonyl (C=O) groups is 1. The van der Waals surface area contributed by atoms with Crippen molar-refractivity contribution >= 4 is 16.7 Å². The van der Waals surface area contributed by atoms with Crippen molar-refractivity contribution in [2.75, 3.05) is 6.54 Å². The van der Waals surface area contributed by atoms with Crippen LogP contribution in [0.5, 0.6) is 0 Å². The second-order valence-corrected chi connectivity index (χ2v) is 7.54. The van der Waals surface area contributed by atoms with Crippen molar-refractivity contribution in [3.05, 3.63) is 84.0 Å². The molecule has 1 aliphatic rings. The van der Waals surface area contributed by atoms with Crippen LogP contribution in [0.25, 0.3) is 22.2 Å². The van der Waals surface area contributed by atoms with E-state index in [1.807, 2.05) is 47.4 Å². The first-order valence-electron chi connectivity index (χ1n) is 10.1. The number of halogens is 1. The number of likely N-dealkylation sites (tertiary alicyclic amines) is 1. The van der Waals surface area contributed by atoms with Crippen LogP contribution in [0.3, 0.4) is 0 Å². The summed E-state index contributed by atoms with van der Waals surface area (Å²) in [5.74, 6) is 0.464. The smallest absolute Gasteiger partial charge is 0.254 e. The molecule has 0 bridgehead atoms. The van der Waals surface area contributed by atoms with Crippen molar-refractivity contribution < 1.29 is 13.7 Å². The zero-order valence-corrected chi connectivity index (χ0v) is 16.3. The molecule has 3 aromatic carbocycles. The lowest BCUT2D eigenvalue weighted by Gasteiger charge is -2.33. The van der Waals surface area contributed by atoms with Gasteiger partial charge >= 0.3 is 0 Å². The Kier molecular flexibility index (Phi) is 4.75. The summed E-state index contributed by atoms with van der Waals surface area (Å²) in [5, 5.41) is 6.19. The van der Waals surface area contributed by atoms with E-state index >= 15 is 0 Å². The molecule has 0 aliphatic carbocycles. The Morgan fingerprint density at radius 3 is 2.63 bits per heavy atom. The van der Waals surface area contributed by atoms with Crippen LogP contribution < -0.4 is 0 Å². The van der Waals surface area contributed by atoms with Gasteiger partial charge in [0, 0.05) is 17.7 Å². The maximum atomic E-state index is 13.3. The summed E-state index contributed by atoms with van der Waals surface area (Å²) in [7, 11) is 0. The molecule has 4 aromatic rings.